The number of hydrogen-bond donors (Lipinski definition) is 4. The Hall–Kier alpha value is -1.72. The van der Waals surface area contributed by atoms with Gasteiger partial charge in [-0.25, -0.2) is 0 Å². The molecular weight excluding hydrogens is 340 g/mol. The molecule has 0 fully saturated rings. The zero-order valence-electron chi connectivity index (χ0n) is 16.9. The molecule has 0 amide bonds. The van der Waals surface area contributed by atoms with E-state index >= 15 is 0 Å². The summed E-state index contributed by atoms with van der Waals surface area (Å²) in [6.07, 6.45) is -1.02. The van der Waals surface area contributed by atoms with Crippen molar-refractivity contribution in [1.29, 1.82) is 0 Å². The summed E-state index contributed by atoms with van der Waals surface area (Å²) < 4.78 is 0. The van der Waals surface area contributed by atoms with Crippen LogP contribution in [-0.4, -0.2) is 39.7 Å². The minimum absolute atomic E-state index is 0.0229. The molecule has 0 aliphatic heterocycles. The standard InChI is InChI=1S/C23H32O4/c1-16(26)23(27,19-10-6-17(7-11-19)21(2,3)14-24)20-12-8-18(9-13-20)22(4,5)15-25/h6-13,16,24-27H,14-15H2,1-5H3. The van der Waals surface area contributed by atoms with Crippen molar-refractivity contribution in [3.63, 3.8) is 0 Å². The van der Waals surface area contributed by atoms with Crippen molar-refractivity contribution in [2.24, 2.45) is 0 Å². The molecule has 1 unspecified atom stereocenters. The average Bonchev–Trinajstić information content (AvgIpc) is 2.67. The van der Waals surface area contributed by atoms with Crippen molar-refractivity contribution in [1.82, 2.24) is 0 Å². The van der Waals surface area contributed by atoms with E-state index in [0.29, 0.717) is 11.1 Å². The summed E-state index contributed by atoms with van der Waals surface area (Å²) in [5, 5.41) is 40.9. The van der Waals surface area contributed by atoms with Crippen molar-refractivity contribution in [2.75, 3.05) is 13.2 Å². The second-order valence-corrected chi connectivity index (χ2v) is 8.68. The molecule has 2 aromatic carbocycles. The van der Waals surface area contributed by atoms with Gasteiger partial charge in [-0.2, -0.15) is 0 Å². The average molecular weight is 373 g/mol. The van der Waals surface area contributed by atoms with E-state index in [4.69, 9.17) is 0 Å². The van der Waals surface area contributed by atoms with Crippen LogP contribution in [0, 0.1) is 0 Å². The number of aliphatic hydroxyl groups is 4. The molecule has 0 heterocycles. The van der Waals surface area contributed by atoms with Crippen molar-refractivity contribution >= 4 is 0 Å². The van der Waals surface area contributed by atoms with E-state index in [1.54, 1.807) is 31.2 Å². The molecule has 0 aromatic heterocycles. The lowest BCUT2D eigenvalue weighted by Crippen LogP contribution is -2.39. The van der Waals surface area contributed by atoms with E-state index in [0.717, 1.165) is 11.1 Å². The summed E-state index contributed by atoms with van der Waals surface area (Å²) >= 11 is 0. The van der Waals surface area contributed by atoms with Gasteiger partial charge in [0, 0.05) is 10.8 Å². The van der Waals surface area contributed by atoms with E-state index in [2.05, 4.69) is 0 Å². The Bertz CT molecular complexity index is 683. The zero-order chi connectivity index (χ0) is 20.5. The van der Waals surface area contributed by atoms with E-state index < -0.39 is 11.7 Å². The zero-order valence-corrected chi connectivity index (χ0v) is 16.9. The van der Waals surface area contributed by atoms with Crippen LogP contribution < -0.4 is 0 Å². The fourth-order valence-electron chi connectivity index (χ4n) is 3.18. The van der Waals surface area contributed by atoms with Crippen LogP contribution in [0.25, 0.3) is 0 Å². The minimum atomic E-state index is -1.55. The van der Waals surface area contributed by atoms with Gasteiger partial charge < -0.3 is 20.4 Å². The first kappa shape index (κ1) is 21.6. The highest BCUT2D eigenvalue weighted by atomic mass is 16.3. The normalized spacial score (nSPS) is 14.3. The molecule has 2 rings (SSSR count). The summed E-state index contributed by atoms with van der Waals surface area (Å²) in [6.45, 7) is 9.41. The van der Waals surface area contributed by atoms with Crippen LogP contribution in [0.2, 0.25) is 0 Å². The smallest absolute Gasteiger partial charge is 0.140 e. The van der Waals surface area contributed by atoms with Crippen LogP contribution in [-0.2, 0) is 16.4 Å². The van der Waals surface area contributed by atoms with E-state index in [-0.39, 0.29) is 24.0 Å². The quantitative estimate of drug-likeness (QED) is 0.602. The lowest BCUT2D eigenvalue weighted by Gasteiger charge is -2.33. The van der Waals surface area contributed by atoms with Crippen LogP contribution >= 0.6 is 0 Å². The highest BCUT2D eigenvalue weighted by Gasteiger charge is 2.37. The van der Waals surface area contributed by atoms with E-state index in [1.165, 1.54) is 0 Å². The molecule has 0 spiro atoms. The largest absolute Gasteiger partial charge is 0.395 e. The maximum atomic E-state index is 11.4. The van der Waals surface area contributed by atoms with Crippen molar-refractivity contribution < 1.29 is 20.4 Å². The first-order valence-electron chi connectivity index (χ1n) is 9.33. The maximum absolute atomic E-state index is 11.4. The van der Waals surface area contributed by atoms with Gasteiger partial charge in [-0.1, -0.05) is 76.2 Å². The number of benzene rings is 2. The fraction of sp³-hybridized carbons (Fsp3) is 0.478. The lowest BCUT2D eigenvalue weighted by molar-refractivity contribution is -0.0394. The Labute approximate surface area is 162 Å². The first-order valence-corrected chi connectivity index (χ1v) is 9.33. The van der Waals surface area contributed by atoms with E-state index in [1.807, 2.05) is 52.0 Å². The molecular formula is C23H32O4. The van der Waals surface area contributed by atoms with Gasteiger partial charge in [0.1, 0.15) is 5.60 Å². The fourth-order valence-corrected chi connectivity index (χ4v) is 3.18. The Balaban J connectivity index is 2.46. The van der Waals surface area contributed by atoms with Crippen LogP contribution in [0.4, 0.5) is 0 Å². The molecule has 0 bridgehead atoms. The molecule has 148 valence electrons. The Morgan fingerprint density at radius 3 is 1.15 bits per heavy atom. The molecule has 4 N–H and O–H groups in total. The summed E-state index contributed by atoms with van der Waals surface area (Å²) in [5.74, 6) is 0. The predicted molar refractivity (Wildman–Crippen MR) is 108 cm³/mol. The molecule has 0 saturated heterocycles. The van der Waals surface area contributed by atoms with Crippen molar-refractivity contribution in [3.05, 3.63) is 70.8 Å². The summed E-state index contributed by atoms with van der Waals surface area (Å²) in [6, 6.07) is 14.7. The topological polar surface area (TPSA) is 80.9 Å². The summed E-state index contributed by atoms with van der Waals surface area (Å²) in [4.78, 5) is 0. The molecule has 0 aliphatic rings. The van der Waals surface area contributed by atoms with E-state index in [9.17, 15) is 20.4 Å². The summed E-state index contributed by atoms with van der Waals surface area (Å²) in [5.41, 5.74) is 0.790. The third kappa shape index (κ3) is 4.09. The second kappa shape index (κ2) is 7.72. The van der Waals surface area contributed by atoms with Gasteiger partial charge in [0.25, 0.3) is 0 Å². The van der Waals surface area contributed by atoms with Crippen LogP contribution in [0.3, 0.4) is 0 Å². The Morgan fingerprint density at radius 1 is 0.667 bits per heavy atom. The molecule has 1 atom stereocenters. The van der Waals surface area contributed by atoms with Gasteiger partial charge in [-0.15, -0.1) is 0 Å². The summed E-state index contributed by atoms with van der Waals surface area (Å²) in [7, 11) is 0. The van der Waals surface area contributed by atoms with Crippen molar-refractivity contribution in [2.45, 2.75) is 57.2 Å². The molecule has 2 aromatic rings. The van der Waals surface area contributed by atoms with Gasteiger partial charge in [-0.3, -0.25) is 0 Å². The number of hydrogen-bond acceptors (Lipinski definition) is 4. The third-order valence-electron chi connectivity index (χ3n) is 5.61. The van der Waals surface area contributed by atoms with Crippen LogP contribution in [0.5, 0.6) is 0 Å². The predicted octanol–water partition coefficient (Wildman–Crippen LogP) is 2.84. The first-order chi connectivity index (χ1) is 12.5. The number of rotatable bonds is 7. The molecule has 0 aliphatic carbocycles. The van der Waals surface area contributed by atoms with Gasteiger partial charge in [-0.05, 0) is 29.2 Å². The highest BCUT2D eigenvalue weighted by Crippen LogP contribution is 2.35. The van der Waals surface area contributed by atoms with Crippen LogP contribution in [0.15, 0.2) is 48.5 Å². The SMILES string of the molecule is CC(O)C(O)(c1ccc(C(C)(C)CO)cc1)c1ccc(C(C)(C)CO)cc1. The van der Waals surface area contributed by atoms with Gasteiger partial charge in [0.15, 0.2) is 0 Å². The monoisotopic (exact) mass is 372 g/mol. The molecule has 4 heteroatoms. The third-order valence-corrected chi connectivity index (χ3v) is 5.61. The maximum Gasteiger partial charge on any atom is 0.140 e. The van der Waals surface area contributed by atoms with Gasteiger partial charge in [0.05, 0.1) is 19.3 Å². The Kier molecular flexibility index (Phi) is 6.17. The van der Waals surface area contributed by atoms with Gasteiger partial charge >= 0.3 is 0 Å². The Morgan fingerprint density at radius 2 is 0.926 bits per heavy atom. The lowest BCUT2D eigenvalue weighted by atomic mass is 9.78. The molecule has 27 heavy (non-hydrogen) atoms. The number of aliphatic hydroxyl groups excluding tert-OH is 3. The molecule has 0 saturated carbocycles. The highest BCUT2D eigenvalue weighted by molar-refractivity contribution is 5.41. The second-order valence-electron chi connectivity index (χ2n) is 8.68. The van der Waals surface area contributed by atoms with Crippen LogP contribution in [0.1, 0.15) is 56.9 Å². The minimum Gasteiger partial charge on any atom is -0.395 e. The van der Waals surface area contributed by atoms with Crippen molar-refractivity contribution in [3.8, 4) is 0 Å². The van der Waals surface area contributed by atoms with Gasteiger partial charge in [0.2, 0.25) is 0 Å². The molecule has 0 radical (unpaired) electrons. The molecule has 4 nitrogen and oxygen atoms in total.